The number of methoxy groups -OCH3 is 2. The molecule has 1 saturated heterocycles. The molecule has 3 aromatic rings. The molecule has 182 valence electrons. The largest absolute Gasteiger partial charge is 0.493 e. The van der Waals surface area contributed by atoms with Crippen molar-refractivity contribution in [3.8, 4) is 11.5 Å². The van der Waals surface area contributed by atoms with Gasteiger partial charge in [0.25, 0.3) is 0 Å². The summed E-state index contributed by atoms with van der Waals surface area (Å²) in [4.78, 5) is 27.9. The van der Waals surface area contributed by atoms with Crippen molar-refractivity contribution in [3.05, 3.63) is 84.2 Å². The van der Waals surface area contributed by atoms with Crippen LogP contribution in [0.1, 0.15) is 17.9 Å². The summed E-state index contributed by atoms with van der Waals surface area (Å²) in [6.07, 6.45) is 0.576. The summed E-state index contributed by atoms with van der Waals surface area (Å²) in [5.41, 5.74) is 1.71. The number of rotatable bonds is 6. The van der Waals surface area contributed by atoms with Gasteiger partial charge < -0.3 is 25.0 Å². The average molecular weight is 478 g/mol. The molecule has 8 heteroatoms. The maximum Gasteiger partial charge on any atom is 0.321 e. The third-order valence-electron chi connectivity index (χ3n) is 6.15. The zero-order valence-electron chi connectivity index (χ0n) is 19.7. The molecule has 2 unspecified atom stereocenters. The lowest BCUT2D eigenvalue weighted by atomic mass is 9.84. The molecule has 2 atom stereocenters. The topological polar surface area (TPSA) is 79.9 Å². The minimum atomic E-state index is -0.514. The highest BCUT2D eigenvalue weighted by atomic mass is 19.1. The highest BCUT2D eigenvalue weighted by Gasteiger charge is 2.35. The fourth-order valence-electron chi connectivity index (χ4n) is 4.34. The molecule has 7 nitrogen and oxygen atoms in total. The zero-order valence-corrected chi connectivity index (χ0v) is 19.7. The molecule has 0 radical (unpaired) electrons. The van der Waals surface area contributed by atoms with Crippen molar-refractivity contribution in [1.82, 2.24) is 4.90 Å². The van der Waals surface area contributed by atoms with E-state index in [2.05, 4.69) is 10.6 Å². The molecule has 0 spiro atoms. The van der Waals surface area contributed by atoms with Gasteiger partial charge in [-0.3, -0.25) is 4.79 Å². The van der Waals surface area contributed by atoms with Gasteiger partial charge in [0.15, 0.2) is 11.5 Å². The monoisotopic (exact) mass is 477 g/mol. The van der Waals surface area contributed by atoms with Gasteiger partial charge in [-0.25, -0.2) is 9.18 Å². The van der Waals surface area contributed by atoms with E-state index in [1.54, 1.807) is 42.3 Å². The number of nitrogens with one attached hydrogen (secondary N) is 2. The summed E-state index contributed by atoms with van der Waals surface area (Å²) >= 11 is 0. The molecule has 0 aliphatic carbocycles. The van der Waals surface area contributed by atoms with Gasteiger partial charge in [0.05, 0.1) is 25.8 Å². The second kappa shape index (κ2) is 10.9. The van der Waals surface area contributed by atoms with Crippen LogP contribution in [0, 0.1) is 11.7 Å². The normalized spacial score (nSPS) is 17.4. The van der Waals surface area contributed by atoms with Crippen LogP contribution in [-0.4, -0.2) is 44.1 Å². The molecular formula is C27H28FN3O4. The van der Waals surface area contributed by atoms with Crippen LogP contribution in [0.3, 0.4) is 0 Å². The molecule has 3 aromatic carbocycles. The fraction of sp³-hybridized carbons (Fsp3) is 0.259. The Balaban J connectivity index is 1.54. The van der Waals surface area contributed by atoms with Crippen molar-refractivity contribution in [2.24, 2.45) is 5.92 Å². The molecule has 1 heterocycles. The standard InChI is InChI=1S/C27H28FN3O4/c1-34-24-13-12-21(15-25(24)35-2)29-26(32)20-14-19(18-8-4-3-5-9-18)16-31(17-20)27(33)30-23-11-7-6-10-22(23)28/h3-13,15,19-20H,14,16-17H2,1-2H3,(H,29,32)(H,30,33). The van der Waals surface area contributed by atoms with E-state index in [-0.39, 0.29) is 24.1 Å². The van der Waals surface area contributed by atoms with Crippen molar-refractivity contribution < 1.29 is 23.5 Å². The van der Waals surface area contributed by atoms with E-state index in [1.807, 2.05) is 30.3 Å². The lowest BCUT2D eigenvalue weighted by Crippen LogP contribution is -2.48. The molecular weight excluding hydrogens is 449 g/mol. The molecule has 1 fully saturated rings. The molecule has 3 amide bonds. The van der Waals surface area contributed by atoms with Gasteiger partial charge in [0.2, 0.25) is 5.91 Å². The van der Waals surface area contributed by atoms with Crippen molar-refractivity contribution in [2.75, 3.05) is 37.9 Å². The first-order chi connectivity index (χ1) is 17.0. The summed E-state index contributed by atoms with van der Waals surface area (Å²) in [7, 11) is 3.07. The molecule has 1 aliphatic rings. The van der Waals surface area contributed by atoms with Crippen LogP contribution in [-0.2, 0) is 4.79 Å². The first-order valence-electron chi connectivity index (χ1n) is 11.4. The quantitative estimate of drug-likeness (QED) is 0.517. The Labute approximate surface area is 203 Å². The number of anilines is 2. The third-order valence-corrected chi connectivity index (χ3v) is 6.15. The van der Waals surface area contributed by atoms with Gasteiger partial charge in [0, 0.05) is 30.8 Å². The number of carbonyl (C=O) groups excluding carboxylic acids is 2. The highest BCUT2D eigenvalue weighted by molar-refractivity contribution is 5.94. The van der Waals surface area contributed by atoms with E-state index in [0.29, 0.717) is 30.2 Å². The number of hydrogen-bond acceptors (Lipinski definition) is 4. The maximum absolute atomic E-state index is 14.1. The molecule has 0 bridgehead atoms. The van der Waals surface area contributed by atoms with E-state index in [1.165, 1.54) is 19.2 Å². The molecule has 2 N–H and O–H groups in total. The number of carbonyl (C=O) groups is 2. The van der Waals surface area contributed by atoms with Gasteiger partial charge in [-0.15, -0.1) is 0 Å². The van der Waals surface area contributed by atoms with E-state index >= 15 is 0 Å². The average Bonchev–Trinajstić information content (AvgIpc) is 2.90. The van der Waals surface area contributed by atoms with E-state index in [4.69, 9.17) is 9.47 Å². The van der Waals surface area contributed by atoms with Crippen LogP contribution in [0.15, 0.2) is 72.8 Å². The number of piperidine rings is 1. The van der Waals surface area contributed by atoms with Crippen molar-refractivity contribution >= 4 is 23.3 Å². The first-order valence-corrected chi connectivity index (χ1v) is 11.4. The van der Waals surface area contributed by atoms with Crippen molar-refractivity contribution in [3.63, 3.8) is 0 Å². The van der Waals surface area contributed by atoms with Crippen LogP contribution < -0.4 is 20.1 Å². The van der Waals surface area contributed by atoms with Gasteiger partial charge in [-0.05, 0) is 36.2 Å². The molecule has 4 rings (SSSR count). The number of ether oxygens (including phenoxy) is 2. The number of likely N-dealkylation sites (tertiary alicyclic amines) is 1. The number of amides is 3. The number of benzene rings is 3. The Morgan fingerprint density at radius 1 is 0.886 bits per heavy atom. The second-order valence-electron chi connectivity index (χ2n) is 8.41. The van der Waals surface area contributed by atoms with Crippen LogP contribution in [0.5, 0.6) is 11.5 Å². The second-order valence-corrected chi connectivity index (χ2v) is 8.41. The smallest absolute Gasteiger partial charge is 0.321 e. The predicted octanol–water partition coefficient (Wildman–Crippen LogP) is 5.12. The highest BCUT2D eigenvalue weighted by Crippen LogP contribution is 2.33. The fourth-order valence-corrected chi connectivity index (χ4v) is 4.34. The van der Waals surface area contributed by atoms with Crippen LogP contribution in [0.2, 0.25) is 0 Å². The Morgan fingerprint density at radius 3 is 2.31 bits per heavy atom. The number of nitrogens with zero attached hydrogens (tertiary/aromatic N) is 1. The molecule has 0 aromatic heterocycles. The SMILES string of the molecule is COc1ccc(NC(=O)C2CC(c3ccccc3)CN(C(=O)Nc3ccccc3F)C2)cc1OC. The zero-order chi connectivity index (χ0) is 24.8. The molecule has 35 heavy (non-hydrogen) atoms. The summed E-state index contributed by atoms with van der Waals surface area (Å²) in [5, 5.41) is 5.57. The Morgan fingerprint density at radius 2 is 1.60 bits per heavy atom. The molecule has 1 aliphatic heterocycles. The first kappa shape index (κ1) is 24.1. The Kier molecular flexibility index (Phi) is 7.50. The van der Waals surface area contributed by atoms with Crippen LogP contribution in [0.4, 0.5) is 20.6 Å². The van der Waals surface area contributed by atoms with Gasteiger partial charge in [-0.2, -0.15) is 0 Å². The van der Waals surface area contributed by atoms with Crippen LogP contribution >= 0.6 is 0 Å². The van der Waals surface area contributed by atoms with E-state index in [0.717, 1.165) is 5.56 Å². The van der Waals surface area contributed by atoms with Gasteiger partial charge in [-0.1, -0.05) is 42.5 Å². The lowest BCUT2D eigenvalue weighted by molar-refractivity contribution is -0.121. The maximum atomic E-state index is 14.1. The van der Waals surface area contributed by atoms with Crippen molar-refractivity contribution in [1.29, 1.82) is 0 Å². The molecule has 0 saturated carbocycles. The predicted molar refractivity (Wildman–Crippen MR) is 132 cm³/mol. The summed E-state index contributed by atoms with van der Waals surface area (Å²) in [5.74, 6) is -0.169. The lowest BCUT2D eigenvalue weighted by Gasteiger charge is -2.37. The van der Waals surface area contributed by atoms with E-state index < -0.39 is 17.8 Å². The number of urea groups is 1. The van der Waals surface area contributed by atoms with Gasteiger partial charge in [0.1, 0.15) is 5.82 Å². The summed E-state index contributed by atoms with van der Waals surface area (Å²) < 4.78 is 24.7. The van der Waals surface area contributed by atoms with Crippen molar-refractivity contribution in [2.45, 2.75) is 12.3 Å². The summed E-state index contributed by atoms with van der Waals surface area (Å²) in [6, 6.07) is 20.5. The minimum Gasteiger partial charge on any atom is -0.493 e. The number of hydrogen-bond donors (Lipinski definition) is 2. The number of para-hydroxylation sites is 1. The Bertz CT molecular complexity index is 1190. The summed E-state index contributed by atoms with van der Waals surface area (Å²) in [6.45, 7) is 0.632. The third kappa shape index (κ3) is 5.71. The minimum absolute atomic E-state index is 0.0440. The number of halogens is 1. The Hall–Kier alpha value is -4.07. The van der Waals surface area contributed by atoms with Gasteiger partial charge >= 0.3 is 6.03 Å². The van der Waals surface area contributed by atoms with Crippen LogP contribution in [0.25, 0.3) is 0 Å². The van der Waals surface area contributed by atoms with E-state index in [9.17, 15) is 14.0 Å².